The summed E-state index contributed by atoms with van der Waals surface area (Å²) < 4.78 is 5.87. The first-order valence-electron chi connectivity index (χ1n) is 3.90. The Labute approximate surface area is 88.7 Å². The van der Waals surface area contributed by atoms with E-state index < -0.39 is 0 Å². The van der Waals surface area contributed by atoms with Crippen molar-refractivity contribution in [3.63, 3.8) is 0 Å². The van der Waals surface area contributed by atoms with Gasteiger partial charge in [0.25, 0.3) is 0 Å². The van der Waals surface area contributed by atoms with Gasteiger partial charge in [0, 0.05) is 11.5 Å². The van der Waals surface area contributed by atoms with E-state index in [0.29, 0.717) is 16.7 Å². The van der Waals surface area contributed by atoms with Crippen LogP contribution in [-0.2, 0) is 0 Å². The zero-order valence-electron chi connectivity index (χ0n) is 7.36. The summed E-state index contributed by atoms with van der Waals surface area (Å²) in [4.78, 5) is 0. The third-order valence-corrected chi connectivity index (χ3v) is 2.51. The van der Waals surface area contributed by atoms with Crippen molar-refractivity contribution in [2.45, 2.75) is 0 Å². The number of ether oxygens (including phenoxy) is 1. The van der Waals surface area contributed by atoms with Crippen molar-refractivity contribution >= 4 is 26.8 Å². The number of fused-ring (bicyclic) bond motifs is 1. The molecule has 0 atom stereocenters. The molecule has 4 nitrogen and oxygen atoms in total. The van der Waals surface area contributed by atoms with E-state index in [1.54, 1.807) is 19.2 Å². The van der Waals surface area contributed by atoms with Gasteiger partial charge in [-0.1, -0.05) is 0 Å². The van der Waals surface area contributed by atoms with Crippen molar-refractivity contribution in [1.29, 1.82) is 0 Å². The van der Waals surface area contributed by atoms with E-state index in [-0.39, 0.29) is 5.75 Å². The lowest BCUT2D eigenvalue weighted by molar-refractivity contribution is 0.412. The fourth-order valence-corrected chi connectivity index (χ4v) is 1.71. The predicted octanol–water partition coefficient (Wildman–Crippen LogP) is 2.11. The van der Waals surface area contributed by atoms with Crippen LogP contribution in [0.15, 0.2) is 22.8 Å². The second kappa shape index (κ2) is 3.42. The third-order valence-electron chi connectivity index (χ3n) is 1.89. The molecule has 0 spiro atoms. The zero-order chi connectivity index (χ0) is 10.1. The first-order valence-corrected chi connectivity index (χ1v) is 4.69. The Morgan fingerprint density at radius 1 is 1.43 bits per heavy atom. The van der Waals surface area contributed by atoms with E-state index in [9.17, 15) is 5.11 Å². The van der Waals surface area contributed by atoms with Gasteiger partial charge in [0.05, 0.1) is 17.8 Å². The van der Waals surface area contributed by atoms with Gasteiger partial charge in [0.2, 0.25) is 0 Å². The van der Waals surface area contributed by atoms with Crippen molar-refractivity contribution in [3.8, 4) is 11.5 Å². The van der Waals surface area contributed by atoms with Crippen LogP contribution >= 0.6 is 15.9 Å². The molecular weight excluding hydrogens is 248 g/mol. The summed E-state index contributed by atoms with van der Waals surface area (Å²) in [5.41, 5.74) is 0.602. The largest absolute Gasteiger partial charge is 0.506 e. The van der Waals surface area contributed by atoms with Crippen LogP contribution in [0, 0.1) is 0 Å². The van der Waals surface area contributed by atoms with Gasteiger partial charge in [-0.2, -0.15) is 10.2 Å². The van der Waals surface area contributed by atoms with Gasteiger partial charge in [-0.05, 0) is 22.0 Å². The molecule has 1 N–H and O–H groups in total. The molecule has 0 aliphatic heterocycles. The second-order valence-electron chi connectivity index (χ2n) is 2.73. The minimum atomic E-state index is 0.110. The average Bonchev–Trinajstić information content (AvgIpc) is 2.19. The topological polar surface area (TPSA) is 55.2 Å². The fourth-order valence-electron chi connectivity index (χ4n) is 1.20. The standard InChI is InChI=1S/C9H7BrN2O2/c1-14-9-3-7-5(2-6(9)10)8(13)4-11-12-7/h2-4H,1H3,(H,12,13). The van der Waals surface area contributed by atoms with Crippen LogP contribution in [0.2, 0.25) is 0 Å². The van der Waals surface area contributed by atoms with Crippen molar-refractivity contribution in [3.05, 3.63) is 22.8 Å². The smallest absolute Gasteiger partial charge is 0.145 e. The summed E-state index contributed by atoms with van der Waals surface area (Å²) in [7, 11) is 1.57. The molecule has 0 saturated heterocycles. The van der Waals surface area contributed by atoms with Gasteiger partial charge in [-0.25, -0.2) is 0 Å². The molecule has 0 unspecified atom stereocenters. The maximum Gasteiger partial charge on any atom is 0.145 e. The normalized spacial score (nSPS) is 10.4. The Kier molecular flexibility index (Phi) is 2.25. The number of methoxy groups -OCH3 is 1. The zero-order valence-corrected chi connectivity index (χ0v) is 8.95. The van der Waals surface area contributed by atoms with Crippen molar-refractivity contribution in [1.82, 2.24) is 10.2 Å². The summed E-state index contributed by atoms with van der Waals surface area (Å²) in [6.45, 7) is 0. The van der Waals surface area contributed by atoms with E-state index in [1.807, 2.05) is 0 Å². The van der Waals surface area contributed by atoms with Gasteiger partial charge in [-0.15, -0.1) is 0 Å². The maximum atomic E-state index is 9.50. The second-order valence-corrected chi connectivity index (χ2v) is 3.59. The number of rotatable bonds is 1. The molecule has 0 saturated carbocycles. The summed E-state index contributed by atoms with van der Waals surface area (Å²) >= 11 is 3.33. The predicted molar refractivity (Wildman–Crippen MR) is 55.5 cm³/mol. The Bertz CT molecular complexity index is 487. The Morgan fingerprint density at radius 2 is 2.21 bits per heavy atom. The molecule has 0 bridgehead atoms. The third kappa shape index (κ3) is 1.39. The number of hydrogen-bond donors (Lipinski definition) is 1. The number of aromatic hydroxyl groups is 1. The molecule has 1 aromatic carbocycles. The van der Waals surface area contributed by atoms with Crippen LogP contribution in [0.1, 0.15) is 0 Å². The molecule has 1 aromatic heterocycles. The molecule has 1 heterocycles. The Morgan fingerprint density at radius 3 is 2.93 bits per heavy atom. The minimum Gasteiger partial charge on any atom is -0.506 e. The molecule has 5 heteroatoms. The van der Waals surface area contributed by atoms with Gasteiger partial charge in [0.15, 0.2) is 0 Å². The highest BCUT2D eigenvalue weighted by molar-refractivity contribution is 9.10. The summed E-state index contributed by atoms with van der Waals surface area (Å²) in [6.07, 6.45) is 1.31. The minimum absolute atomic E-state index is 0.110. The molecule has 0 radical (unpaired) electrons. The number of aromatic nitrogens is 2. The van der Waals surface area contributed by atoms with Gasteiger partial charge >= 0.3 is 0 Å². The van der Waals surface area contributed by atoms with Crippen molar-refractivity contribution in [2.75, 3.05) is 7.11 Å². The van der Waals surface area contributed by atoms with E-state index in [2.05, 4.69) is 26.1 Å². The first kappa shape index (κ1) is 9.21. The summed E-state index contributed by atoms with van der Waals surface area (Å²) in [5.74, 6) is 0.774. The lowest BCUT2D eigenvalue weighted by Crippen LogP contribution is -1.88. The highest BCUT2D eigenvalue weighted by Gasteiger charge is 2.06. The van der Waals surface area contributed by atoms with E-state index >= 15 is 0 Å². The number of halogens is 1. The van der Waals surface area contributed by atoms with Crippen LogP contribution in [0.3, 0.4) is 0 Å². The number of hydrogen-bond acceptors (Lipinski definition) is 4. The van der Waals surface area contributed by atoms with Crippen molar-refractivity contribution < 1.29 is 9.84 Å². The van der Waals surface area contributed by atoms with Crippen LogP contribution in [-0.4, -0.2) is 22.4 Å². The quantitative estimate of drug-likeness (QED) is 0.847. The van der Waals surface area contributed by atoms with E-state index in [1.165, 1.54) is 6.20 Å². The molecule has 0 aliphatic rings. The first-order chi connectivity index (χ1) is 6.72. The van der Waals surface area contributed by atoms with Crippen LogP contribution in [0.4, 0.5) is 0 Å². The van der Waals surface area contributed by atoms with Crippen molar-refractivity contribution in [2.24, 2.45) is 0 Å². The van der Waals surface area contributed by atoms with E-state index in [4.69, 9.17) is 4.74 Å². The molecule has 72 valence electrons. The molecule has 2 aromatic rings. The summed E-state index contributed by atoms with van der Waals surface area (Å²) in [6, 6.07) is 3.46. The van der Waals surface area contributed by atoms with Gasteiger partial charge in [-0.3, -0.25) is 0 Å². The summed E-state index contributed by atoms with van der Waals surface area (Å²) in [5, 5.41) is 17.7. The lowest BCUT2D eigenvalue weighted by atomic mass is 10.2. The molecule has 0 aliphatic carbocycles. The molecular formula is C9H7BrN2O2. The maximum absolute atomic E-state index is 9.50. The van der Waals surface area contributed by atoms with Crippen LogP contribution < -0.4 is 4.74 Å². The molecule has 0 fully saturated rings. The highest BCUT2D eigenvalue weighted by atomic mass is 79.9. The van der Waals surface area contributed by atoms with Gasteiger partial charge < -0.3 is 9.84 Å². The Hall–Kier alpha value is -1.36. The van der Waals surface area contributed by atoms with Crippen LogP contribution in [0.5, 0.6) is 11.5 Å². The van der Waals surface area contributed by atoms with Gasteiger partial charge in [0.1, 0.15) is 17.0 Å². The molecule has 0 amide bonds. The lowest BCUT2D eigenvalue weighted by Gasteiger charge is -2.05. The number of nitrogens with zero attached hydrogens (tertiary/aromatic N) is 2. The molecule has 2 rings (SSSR count). The number of benzene rings is 1. The highest BCUT2D eigenvalue weighted by Crippen LogP contribution is 2.32. The van der Waals surface area contributed by atoms with Crippen LogP contribution in [0.25, 0.3) is 10.9 Å². The monoisotopic (exact) mass is 254 g/mol. The molecule has 14 heavy (non-hydrogen) atoms. The Balaban J connectivity index is 2.79. The fraction of sp³-hybridized carbons (Fsp3) is 0.111. The van der Waals surface area contributed by atoms with E-state index in [0.717, 1.165) is 4.47 Å². The average molecular weight is 255 g/mol. The SMILES string of the molecule is COc1cc2nncc(O)c2cc1Br.